The average molecular weight is 323 g/mol. The van der Waals surface area contributed by atoms with Crippen LogP contribution in [0, 0.1) is 5.92 Å². The summed E-state index contributed by atoms with van der Waals surface area (Å²) in [5.74, 6) is -4.44. The second-order valence-electron chi connectivity index (χ2n) is 5.07. The number of hydrogen-bond acceptors (Lipinski definition) is 5. The molecule has 0 aliphatic carbocycles. The van der Waals surface area contributed by atoms with Crippen molar-refractivity contribution in [3.05, 3.63) is 34.3 Å². The number of carbonyl (C=O) groups excluding carboxylic acids is 4. The number of hydrogen-bond donors (Lipinski definition) is 1. The first-order valence-corrected chi connectivity index (χ1v) is 6.75. The molecule has 2 aliphatic heterocycles. The highest BCUT2D eigenvalue weighted by Crippen LogP contribution is 2.48. The van der Waals surface area contributed by atoms with Gasteiger partial charge in [-0.3, -0.25) is 24.5 Å². The summed E-state index contributed by atoms with van der Waals surface area (Å²) < 4.78 is 4.65. The molecule has 0 saturated carbocycles. The SMILES string of the molecule is COC(=O)C1C(=O)NC(=O)C12c1cccc(Cl)c1C(=O)N2C. The van der Waals surface area contributed by atoms with Crippen LogP contribution in [0.2, 0.25) is 5.02 Å². The van der Waals surface area contributed by atoms with E-state index in [9.17, 15) is 19.2 Å². The molecule has 2 aliphatic rings. The lowest BCUT2D eigenvalue weighted by atomic mass is 9.79. The number of nitrogens with one attached hydrogen (secondary N) is 1. The molecule has 3 rings (SSSR count). The predicted molar refractivity (Wildman–Crippen MR) is 73.9 cm³/mol. The third-order valence-corrected chi connectivity index (χ3v) is 4.49. The average Bonchev–Trinajstić information content (AvgIpc) is 2.87. The van der Waals surface area contributed by atoms with Crippen molar-refractivity contribution in [1.29, 1.82) is 0 Å². The van der Waals surface area contributed by atoms with Gasteiger partial charge < -0.3 is 9.64 Å². The third-order valence-electron chi connectivity index (χ3n) is 4.17. The number of benzene rings is 1. The zero-order chi connectivity index (χ0) is 16.2. The standard InChI is InChI=1S/C14H11ClN2O5/c1-17-11(19)8-6(4-3-5-7(8)15)14(17)9(12(20)22-2)10(18)16-13(14)21/h3-5,9H,1-2H3,(H,16,18,21). The zero-order valence-electron chi connectivity index (χ0n) is 11.7. The largest absolute Gasteiger partial charge is 0.468 e. The van der Waals surface area contributed by atoms with E-state index in [-0.39, 0.29) is 16.1 Å². The van der Waals surface area contributed by atoms with E-state index in [1.807, 2.05) is 0 Å². The van der Waals surface area contributed by atoms with Gasteiger partial charge in [-0.1, -0.05) is 23.7 Å². The van der Waals surface area contributed by atoms with Crippen LogP contribution in [0.3, 0.4) is 0 Å². The van der Waals surface area contributed by atoms with Gasteiger partial charge in [-0.25, -0.2) is 0 Å². The number of fused-ring (bicyclic) bond motifs is 2. The number of esters is 1. The molecule has 1 N–H and O–H groups in total. The number of imide groups is 1. The Kier molecular flexibility index (Phi) is 3.00. The van der Waals surface area contributed by atoms with Crippen LogP contribution in [-0.2, 0) is 24.7 Å². The van der Waals surface area contributed by atoms with Crippen molar-refractivity contribution >= 4 is 35.3 Å². The molecule has 0 aromatic heterocycles. The van der Waals surface area contributed by atoms with Gasteiger partial charge in [0.15, 0.2) is 11.5 Å². The van der Waals surface area contributed by atoms with Crippen molar-refractivity contribution in [1.82, 2.24) is 10.2 Å². The predicted octanol–water partition coefficient (Wildman–Crippen LogP) is 0.0665. The van der Waals surface area contributed by atoms with E-state index in [4.69, 9.17) is 11.6 Å². The van der Waals surface area contributed by atoms with E-state index in [2.05, 4.69) is 10.1 Å². The summed E-state index contributed by atoms with van der Waals surface area (Å²) in [6, 6.07) is 4.57. The Balaban J connectivity index is 2.35. The number of carbonyl (C=O) groups is 4. The molecule has 2 atom stereocenters. The summed E-state index contributed by atoms with van der Waals surface area (Å²) >= 11 is 6.06. The van der Waals surface area contributed by atoms with Crippen molar-refractivity contribution in [3.63, 3.8) is 0 Å². The van der Waals surface area contributed by atoms with Gasteiger partial charge >= 0.3 is 5.97 Å². The molecule has 2 unspecified atom stereocenters. The second-order valence-corrected chi connectivity index (χ2v) is 5.47. The van der Waals surface area contributed by atoms with Crippen molar-refractivity contribution in [2.45, 2.75) is 5.54 Å². The summed E-state index contributed by atoms with van der Waals surface area (Å²) in [4.78, 5) is 50.2. The van der Waals surface area contributed by atoms with Crippen molar-refractivity contribution in [2.24, 2.45) is 5.92 Å². The number of halogens is 1. The summed E-state index contributed by atoms with van der Waals surface area (Å²) in [5.41, 5.74) is -1.42. The van der Waals surface area contributed by atoms with Gasteiger partial charge in [0.05, 0.1) is 17.7 Å². The molecular formula is C14H11ClN2O5. The van der Waals surface area contributed by atoms with Crippen LogP contribution >= 0.6 is 11.6 Å². The molecule has 7 nitrogen and oxygen atoms in total. The number of likely N-dealkylation sites (N-methyl/N-ethyl adjacent to an activating group) is 1. The van der Waals surface area contributed by atoms with Gasteiger partial charge in [0.1, 0.15) is 0 Å². The Morgan fingerprint density at radius 1 is 1.36 bits per heavy atom. The van der Waals surface area contributed by atoms with E-state index < -0.39 is 35.1 Å². The maximum absolute atomic E-state index is 12.5. The van der Waals surface area contributed by atoms with Gasteiger partial charge in [-0.15, -0.1) is 0 Å². The maximum Gasteiger partial charge on any atom is 0.321 e. The van der Waals surface area contributed by atoms with Gasteiger partial charge in [0, 0.05) is 12.6 Å². The van der Waals surface area contributed by atoms with E-state index in [0.29, 0.717) is 0 Å². The minimum atomic E-state index is -1.76. The summed E-state index contributed by atoms with van der Waals surface area (Å²) in [6.45, 7) is 0. The van der Waals surface area contributed by atoms with Gasteiger partial charge in [0.25, 0.3) is 11.8 Å². The Bertz CT molecular complexity index is 747. The molecule has 22 heavy (non-hydrogen) atoms. The molecule has 1 fully saturated rings. The van der Waals surface area contributed by atoms with E-state index in [0.717, 1.165) is 12.0 Å². The Labute approximate surface area is 130 Å². The first kappa shape index (κ1) is 14.5. The number of ether oxygens (including phenoxy) is 1. The monoisotopic (exact) mass is 322 g/mol. The molecule has 1 aromatic carbocycles. The van der Waals surface area contributed by atoms with Gasteiger partial charge in [-0.05, 0) is 6.07 Å². The second kappa shape index (κ2) is 4.54. The van der Waals surface area contributed by atoms with Crippen LogP contribution in [-0.4, -0.2) is 42.7 Å². The first-order chi connectivity index (χ1) is 10.4. The molecule has 0 radical (unpaired) electrons. The number of amides is 3. The molecular weight excluding hydrogens is 312 g/mol. The summed E-state index contributed by atoms with van der Waals surface area (Å²) in [6.07, 6.45) is 0. The van der Waals surface area contributed by atoms with Crippen LogP contribution in [0.4, 0.5) is 0 Å². The molecule has 1 aromatic rings. The highest BCUT2D eigenvalue weighted by molar-refractivity contribution is 6.35. The highest BCUT2D eigenvalue weighted by Gasteiger charge is 2.68. The minimum Gasteiger partial charge on any atom is -0.468 e. The van der Waals surface area contributed by atoms with Crippen LogP contribution in [0.5, 0.6) is 0 Å². The normalized spacial score (nSPS) is 26.4. The van der Waals surface area contributed by atoms with E-state index in [1.165, 1.54) is 19.2 Å². The highest BCUT2D eigenvalue weighted by atomic mass is 35.5. The van der Waals surface area contributed by atoms with Crippen molar-refractivity contribution in [3.8, 4) is 0 Å². The fraction of sp³-hybridized carbons (Fsp3) is 0.286. The zero-order valence-corrected chi connectivity index (χ0v) is 12.4. The Morgan fingerprint density at radius 3 is 2.68 bits per heavy atom. The van der Waals surface area contributed by atoms with Crippen LogP contribution in [0.1, 0.15) is 15.9 Å². The molecule has 1 saturated heterocycles. The van der Waals surface area contributed by atoms with Crippen LogP contribution in [0.25, 0.3) is 0 Å². The smallest absolute Gasteiger partial charge is 0.321 e. The molecule has 8 heteroatoms. The Hall–Kier alpha value is -2.41. The summed E-state index contributed by atoms with van der Waals surface area (Å²) in [7, 11) is 2.47. The molecule has 1 spiro atoms. The van der Waals surface area contributed by atoms with Crippen LogP contribution < -0.4 is 5.32 Å². The first-order valence-electron chi connectivity index (χ1n) is 6.37. The number of methoxy groups -OCH3 is 1. The maximum atomic E-state index is 12.5. The number of nitrogens with zero attached hydrogens (tertiary/aromatic N) is 1. The molecule has 2 heterocycles. The van der Waals surface area contributed by atoms with Crippen LogP contribution in [0.15, 0.2) is 18.2 Å². The van der Waals surface area contributed by atoms with Gasteiger partial charge in [-0.2, -0.15) is 0 Å². The lowest BCUT2D eigenvalue weighted by Crippen LogP contribution is -2.53. The lowest BCUT2D eigenvalue weighted by Gasteiger charge is -2.32. The molecule has 3 amide bonds. The Morgan fingerprint density at radius 2 is 2.05 bits per heavy atom. The van der Waals surface area contributed by atoms with Gasteiger partial charge in [0.2, 0.25) is 5.91 Å². The minimum absolute atomic E-state index is 0.116. The van der Waals surface area contributed by atoms with Crippen molar-refractivity contribution in [2.75, 3.05) is 14.2 Å². The fourth-order valence-electron chi connectivity index (χ4n) is 3.19. The summed E-state index contributed by atoms with van der Waals surface area (Å²) in [5, 5.41) is 2.27. The lowest BCUT2D eigenvalue weighted by molar-refractivity contribution is -0.154. The van der Waals surface area contributed by atoms with Crippen molar-refractivity contribution < 1.29 is 23.9 Å². The quantitative estimate of drug-likeness (QED) is 0.448. The fourth-order valence-corrected chi connectivity index (χ4v) is 3.44. The molecule has 114 valence electrons. The molecule has 0 bridgehead atoms. The van der Waals surface area contributed by atoms with E-state index >= 15 is 0 Å². The van der Waals surface area contributed by atoms with E-state index in [1.54, 1.807) is 6.07 Å². The topological polar surface area (TPSA) is 92.8 Å². The number of rotatable bonds is 1. The third kappa shape index (κ3) is 1.46.